The molecule has 3 aromatic heterocycles. The van der Waals surface area contributed by atoms with Crippen LogP contribution >= 0.6 is 11.3 Å². The van der Waals surface area contributed by atoms with Gasteiger partial charge >= 0.3 is 0 Å². The van der Waals surface area contributed by atoms with Crippen molar-refractivity contribution in [2.75, 3.05) is 0 Å². The number of nitrogens with zero attached hydrogens (tertiary/aromatic N) is 1. The van der Waals surface area contributed by atoms with Crippen LogP contribution in [0.4, 0.5) is 0 Å². The fraction of sp³-hybridized carbons (Fsp3) is 0. The van der Waals surface area contributed by atoms with Crippen molar-refractivity contribution in [3.05, 3.63) is 115 Å². The van der Waals surface area contributed by atoms with E-state index >= 15 is 0 Å². The van der Waals surface area contributed by atoms with Gasteiger partial charge in [-0.3, -0.25) is 0 Å². The Balaban J connectivity index is 1.36. The number of aromatic nitrogens is 1. The molecule has 0 radical (unpaired) electrons. The molecule has 0 aliphatic heterocycles. The molecule has 1 nitrogen and oxygen atoms in total. The molecule has 0 aliphatic rings. The van der Waals surface area contributed by atoms with Crippen molar-refractivity contribution in [1.29, 1.82) is 0 Å². The van der Waals surface area contributed by atoms with E-state index in [-0.39, 0.29) is 0 Å². The van der Waals surface area contributed by atoms with E-state index in [9.17, 15) is 0 Å². The Kier molecular flexibility index (Phi) is 3.38. The van der Waals surface area contributed by atoms with Gasteiger partial charge in [0, 0.05) is 41.7 Å². The molecule has 10 rings (SSSR count). The summed E-state index contributed by atoms with van der Waals surface area (Å²) < 4.78 is 5.23. The van der Waals surface area contributed by atoms with E-state index in [1.54, 1.807) is 0 Å². The molecule has 3 heterocycles. The summed E-state index contributed by atoms with van der Waals surface area (Å²) in [6.07, 6.45) is 0. The normalized spacial score (nSPS) is 12.7. The highest BCUT2D eigenvalue weighted by atomic mass is 32.1. The third kappa shape index (κ3) is 2.17. The summed E-state index contributed by atoms with van der Waals surface area (Å²) in [5.41, 5.74) is 6.54. The Morgan fingerprint density at radius 1 is 0.447 bits per heavy atom. The van der Waals surface area contributed by atoms with Crippen molar-refractivity contribution >= 4 is 91.1 Å². The minimum Gasteiger partial charge on any atom is -0.308 e. The molecule has 0 spiro atoms. The van der Waals surface area contributed by atoms with E-state index in [0.29, 0.717) is 0 Å². The highest BCUT2D eigenvalue weighted by molar-refractivity contribution is 7.26. The van der Waals surface area contributed by atoms with Crippen molar-refractivity contribution in [3.8, 4) is 11.1 Å². The van der Waals surface area contributed by atoms with Gasteiger partial charge in [0.1, 0.15) is 0 Å². The summed E-state index contributed by atoms with van der Waals surface area (Å²) in [6, 6.07) is 43.0. The lowest BCUT2D eigenvalue weighted by Gasteiger charge is -2.09. The predicted octanol–water partition coefficient (Wildman–Crippen LogP) is 10.6. The molecule has 0 saturated heterocycles. The summed E-state index contributed by atoms with van der Waals surface area (Å²) >= 11 is 1.90. The van der Waals surface area contributed by atoms with Crippen LogP contribution in [0.1, 0.15) is 0 Å². The van der Waals surface area contributed by atoms with Gasteiger partial charge in [-0.25, -0.2) is 0 Å². The van der Waals surface area contributed by atoms with Crippen LogP contribution in [0.2, 0.25) is 0 Å². The van der Waals surface area contributed by atoms with Gasteiger partial charge in [-0.2, -0.15) is 0 Å². The molecule has 0 N–H and O–H groups in total. The summed E-state index contributed by atoms with van der Waals surface area (Å²) in [7, 11) is 0. The van der Waals surface area contributed by atoms with E-state index in [4.69, 9.17) is 0 Å². The lowest BCUT2D eigenvalue weighted by molar-refractivity contribution is 1.37. The van der Waals surface area contributed by atoms with Gasteiger partial charge < -0.3 is 4.40 Å². The lowest BCUT2D eigenvalue weighted by atomic mass is 9.93. The molecule has 0 unspecified atom stereocenters. The molecule has 0 fully saturated rings. The summed E-state index contributed by atoms with van der Waals surface area (Å²) in [5, 5.41) is 13.5. The van der Waals surface area contributed by atoms with Gasteiger partial charge in [-0.05, 0) is 56.9 Å². The summed E-state index contributed by atoms with van der Waals surface area (Å²) in [4.78, 5) is 0. The molecule has 174 valence electrons. The Bertz CT molecular complexity index is 2560. The maximum absolute atomic E-state index is 2.51. The van der Waals surface area contributed by atoms with Crippen LogP contribution in [0, 0.1) is 0 Å². The lowest BCUT2D eigenvalue weighted by Crippen LogP contribution is -1.84. The number of rotatable bonds is 1. The van der Waals surface area contributed by atoms with E-state index in [2.05, 4.69) is 120 Å². The predicted molar refractivity (Wildman–Crippen MR) is 166 cm³/mol. The Labute approximate surface area is 221 Å². The van der Waals surface area contributed by atoms with Crippen molar-refractivity contribution in [1.82, 2.24) is 4.40 Å². The monoisotopic (exact) mass is 497 g/mol. The van der Waals surface area contributed by atoms with Crippen molar-refractivity contribution in [3.63, 3.8) is 0 Å². The van der Waals surface area contributed by atoms with E-state index in [0.717, 1.165) is 0 Å². The number of fused-ring (bicyclic) bond motifs is 10. The van der Waals surface area contributed by atoms with Gasteiger partial charge in [0.25, 0.3) is 0 Å². The first-order valence-corrected chi connectivity index (χ1v) is 13.9. The second kappa shape index (κ2) is 6.61. The van der Waals surface area contributed by atoms with Crippen LogP contribution in [0.15, 0.2) is 115 Å². The standard InChI is InChI=1S/C36H19NS/c1-2-8-23-22(7-1)25-11-6-13-31-33(25)34-26(23)16-17-27-29-19-20(15-18-30(29)37(31)35(27)34)21-10-5-12-28-24-9-3-4-14-32(24)38-36(21)28/h1-19H. The maximum Gasteiger partial charge on any atom is 0.0626 e. The number of benzene rings is 7. The van der Waals surface area contributed by atoms with Crippen LogP contribution in [-0.4, -0.2) is 4.40 Å². The van der Waals surface area contributed by atoms with Crippen LogP contribution in [-0.2, 0) is 0 Å². The Hall–Kier alpha value is -4.66. The molecule has 10 aromatic rings. The molecule has 7 aromatic carbocycles. The van der Waals surface area contributed by atoms with E-state index in [1.165, 1.54) is 90.9 Å². The first-order valence-electron chi connectivity index (χ1n) is 13.1. The summed E-state index contributed by atoms with van der Waals surface area (Å²) in [5.74, 6) is 0. The van der Waals surface area contributed by atoms with Gasteiger partial charge in [-0.1, -0.05) is 91.0 Å². The van der Waals surface area contributed by atoms with Crippen LogP contribution < -0.4 is 0 Å². The minimum atomic E-state index is 1.28. The average Bonchev–Trinajstić information content (AvgIpc) is 3.63. The average molecular weight is 498 g/mol. The molecular formula is C36H19NS. The highest BCUT2D eigenvalue weighted by Crippen LogP contribution is 2.48. The van der Waals surface area contributed by atoms with Gasteiger partial charge in [0.15, 0.2) is 0 Å². The molecular weight excluding hydrogens is 478 g/mol. The first-order chi connectivity index (χ1) is 18.9. The number of hydrogen-bond donors (Lipinski definition) is 0. The third-order valence-corrected chi connectivity index (χ3v) is 9.91. The van der Waals surface area contributed by atoms with Crippen LogP contribution in [0.5, 0.6) is 0 Å². The van der Waals surface area contributed by atoms with Crippen molar-refractivity contribution in [2.24, 2.45) is 0 Å². The topological polar surface area (TPSA) is 4.41 Å². The number of thiophene rings is 1. The smallest absolute Gasteiger partial charge is 0.0626 e. The maximum atomic E-state index is 2.51. The molecule has 0 amide bonds. The van der Waals surface area contributed by atoms with Crippen LogP contribution in [0.3, 0.4) is 0 Å². The zero-order chi connectivity index (χ0) is 24.5. The summed E-state index contributed by atoms with van der Waals surface area (Å²) in [6.45, 7) is 0. The molecule has 2 heteroatoms. The zero-order valence-electron chi connectivity index (χ0n) is 20.3. The molecule has 0 aliphatic carbocycles. The van der Waals surface area contributed by atoms with Crippen molar-refractivity contribution < 1.29 is 0 Å². The Morgan fingerprint density at radius 3 is 2.05 bits per heavy atom. The van der Waals surface area contributed by atoms with Crippen LogP contribution in [0.25, 0.3) is 90.9 Å². The van der Waals surface area contributed by atoms with Gasteiger partial charge in [0.05, 0.1) is 16.6 Å². The third-order valence-electron chi connectivity index (χ3n) is 8.69. The van der Waals surface area contributed by atoms with E-state index in [1.807, 2.05) is 11.3 Å². The second-order valence-electron chi connectivity index (χ2n) is 10.5. The molecule has 0 atom stereocenters. The highest BCUT2D eigenvalue weighted by Gasteiger charge is 2.23. The quantitative estimate of drug-likeness (QED) is 0.199. The largest absolute Gasteiger partial charge is 0.308 e. The molecule has 38 heavy (non-hydrogen) atoms. The zero-order valence-corrected chi connectivity index (χ0v) is 21.1. The van der Waals surface area contributed by atoms with Gasteiger partial charge in [-0.15, -0.1) is 11.3 Å². The fourth-order valence-electron chi connectivity index (χ4n) is 7.14. The SMILES string of the molecule is c1ccc2c(c1)sc1c(-c3ccc4c(c3)c3ccc5c6ccccc6c6cccc7c6c5c3n47)cccc12. The molecule has 0 bridgehead atoms. The molecule has 0 saturated carbocycles. The second-order valence-corrected chi connectivity index (χ2v) is 11.5. The first kappa shape index (κ1) is 19.5. The fourth-order valence-corrected chi connectivity index (χ4v) is 8.38. The van der Waals surface area contributed by atoms with Gasteiger partial charge in [0.2, 0.25) is 0 Å². The number of hydrogen-bond acceptors (Lipinski definition) is 1. The van der Waals surface area contributed by atoms with E-state index < -0.39 is 0 Å². The minimum absolute atomic E-state index is 1.28. The Morgan fingerprint density at radius 2 is 1.16 bits per heavy atom. The van der Waals surface area contributed by atoms with Crippen molar-refractivity contribution in [2.45, 2.75) is 0 Å².